The van der Waals surface area contributed by atoms with Crippen molar-refractivity contribution in [3.63, 3.8) is 0 Å². The second-order valence-corrected chi connectivity index (χ2v) is 12.5. The molecule has 6 rings (SSSR count). The lowest BCUT2D eigenvalue weighted by molar-refractivity contribution is -0.692. The first-order valence-corrected chi connectivity index (χ1v) is 17.5. The van der Waals surface area contributed by atoms with E-state index in [1.54, 1.807) is 0 Å². The lowest BCUT2D eigenvalue weighted by atomic mass is 9.95. The lowest BCUT2D eigenvalue weighted by Gasteiger charge is -2.19. The van der Waals surface area contributed by atoms with E-state index in [1.807, 2.05) is 58.4 Å². The van der Waals surface area contributed by atoms with Crippen LogP contribution in [0.3, 0.4) is 0 Å². The highest BCUT2D eigenvalue weighted by atomic mass is 16.4. The molecule has 4 N–H and O–H groups in total. The summed E-state index contributed by atoms with van der Waals surface area (Å²) in [6, 6.07) is 22.2. The highest BCUT2D eigenvalue weighted by Gasteiger charge is 2.16. The Morgan fingerprint density at radius 3 is 1.33 bits per heavy atom. The fourth-order valence-electron chi connectivity index (χ4n) is 6.20. The minimum atomic E-state index is -2.19. The summed E-state index contributed by atoms with van der Waals surface area (Å²) >= 11 is 0. The number of hydrogen-bond donors (Lipinski definition) is 2. The molecule has 12 heteroatoms. The SMILES string of the molecule is O=C([O-])C(=O)[O-].c1ccc(-c2cnn(CCC[NH2+]C3CCCCC3)n2)cc1.c1ccc(-c2cnn(CCC[NH2+]C3CCCCC3)n2)cc1. The molecule has 2 aliphatic rings. The molecule has 2 fully saturated rings. The summed E-state index contributed by atoms with van der Waals surface area (Å²) < 4.78 is 0. The topological polar surface area (TPSA) is 175 Å². The molecular formula is C36H50N8O4. The molecule has 2 aliphatic carbocycles. The van der Waals surface area contributed by atoms with Crippen LogP contribution in [0.5, 0.6) is 0 Å². The summed E-state index contributed by atoms with van der Waals surface area (Å²) in [6.45, 7) is 4.20. The van der Waals surface area contributed by atoms with E-state index in [0.29, 0.717) is 0 Å². The van der Waals surface area contributed by atoms with E-state index < -0.39 is 11.9 Å². The van der Waals surface area contributed by atoms with Crippen molar-refractivity contribution >= 4 is 11.9 Å². The van der Waals surface area contributed by atoms with Gasteiger partial charge < -0.3 is 30.4 Å². The van der Waals surface area contributed by atoms with Gasteiger partial charge in [-0.1, -0.05) is 73.5 Å². The Hall–Kier alpha value is -4.42. The van der Waals surface area contributed by atoms with Gasteiger partial charge in [-0.25, -0.2) is 0 Å². The zero-order chi connectivity index (χ0) is 33.8. The van der Waals surface area contributed by atoms with Crippen LogP contribution in [0.25, 0.3) is 22.5 Å². The van der Waals surface area contributed by atoms with Crippen molar-refractivity contribution in [2.75, 3.05) is 13.1 Å². The highest BCUT2D eigenvalue weighted by Crippen LogP contribution is 2.17. The molecule has 48 heavy (non-hydrogen) atoms. The van der Waals surface area contributed by atoms with Crippen molar-refractivity contribution < 1.29 is 30.4 Å². The molecule has 2 aromatic heterocycles. The predicted molar refractivity (Wildman–Crippen MR) is 177 cm³/mol. The van der Waals surface area contributed by atoms with E-state index in [4.69, 9.17) is 19.8 Å². The third-order valence-corrected chi connectivity index (χ3v) is 8.80. The molecule has 2 heterocycles. The Labute approximate surface area is 283 Å². The number of carboxylic acid groups (broad SMARTS) is 2. The minimum Gasteiger partial charge on any atom is -0.543 e. The Balaban J connectivity index is 0.000000186. The largest absolute Gasteiger partial charge is 0.543 e. The van der Waals surface area contributed by atoms with E-state index in [1.165, 1.54) is 77.3 Å². The van der Waals surface area contributed by atoms with Crippen LogP contribution in [0.2, 0.25) is 0 Å². The number of nitrogens with two attached hydrogens (primary N) is 2. The van der Waals surface area contributed by atoms with E-state index in [-0.39, 0.29) is 0 Å². The first-order chi connectivity index (χ1) is 23.5. The number of hydrogen-bond acceptors (Lipinski definition) is 8. The average molecular weight is 659 g/mol. The van der Waals surface area contributed by atoms with Crippen LogP contribution in [0, 0.1) is 0 Å². The maximum Gasteiger partial charge on any atom is 0.113 e. The zero-order valence-corrected chi connectivity index (χ0v) is 27.9. The van der Waals surface area contributed by atoms with E-state index in [9.17, 15) is 0 Å². The molecular weight excluding hydrogens is 608 g/mol. The summed E-state index contributed by atoms with van der Waals surface area (Å²) in [7, 11) is 0. The monoisotopic (exact) mass is 658 g/mol. The van der Waals surface area contributed by atoms with Gasteiger partial charge in [-0.15, -0.1) is 0 Å². The molecule has 0 amide bonds. The number of nitrogens with zero attached hydrogens (tertiary/aromatic N) is 6. The third kappa shape index (κ3) is 13.4. The van der Waals surface area contributed by atoms with Crippen molar-refractivity contribution in [1.29, 1.82) is 0 Å². The average Bonchev–Trinajstić information content (AvgIpc) is 3.81. The summed E-state index contributed by atoms with van der Waals surface area (Å²) in [4.78, 5) is 21.5. The van der Waals surface area contributed by atoms with Crippen molar-refractivity contribution in [3.8, 4) is 22.5 Å². The Bertz CT molecular complexity index is 1350. The van der Waals surface area contributed by atoms with Gasteiger partial charge >= 0.3 is 0 Å². The molecule has 4 aromatic rings. The molecule has 2 saturated carbocycles. The van der Waals surface area contributed by atoms with Crippen molar-refractivity contribution in [1.82, 2.24) is 30.0 Å². The van der Waals surface area contributed by atoms with E-state index in [0.717, 1.165) is 60.5 Å². The molecule has 258 valence electrons. The number of carboxylic acids is 2. The summed E-state index contributed by atoms with van der Waals surface area (Å²) in [5.74, 6) is -4.37. The van der Waals surface area contributed by atoms with Crippen molar-refractivity contribution in [2.24, 2.45) is 0 Å². The third-order valence-electron chi connectivity index (χ3n) is 8.80. The molecule has 0 saturated heterocycles. The van der Waals surface area contributed by atoms with Crippen molar-refractivity contribution in [2.45, 2.75) is 102 Å². The van der Waals surface area contributed by atoms with Gasteiger partial charge in [0.15, 0.2) is 0 Å². The number of carbonyl (C=O) groups is 2. The van der Waals surface area contributed by atoms with Crippen LogP contribution in [0.1, 0.15) is 77.0 Å². The molecule has 12 nitrogen and oxygen atoms in total. The first-order valence-electron chi connectivity index (χ1n) is 17.5. The van der Waals surface area contributed by atoms with Gasteiger partial charge in [-0.05, 0) is 51.4 Å². The second kappa shape index (κ2) is 20.7. The number of aryl methyl sites for hydroxylation is 2. The second-order valence-electron chi connectivity index (χ2n) is 12.5. The normalized spacial score (nSPS) is 15.1. The highest BCUT2D eigenvalue weighted by molar-refractivity contribution is 6.25. The van der Waals surface area contributed by atoms with E-state index in [2.05, 4.69) is 55.3 Å². The quantitative estimate of drug-likeness (QED) is 0.167. The van der Waals surface area contributed by atoms with Crippen LogP contribution < -0.4 is 20.8 Å². The smallest absolute Gasteiger partial charge is 0.113 e. The van der Waals surface area contributed by atoms with Gasteiger partial charge in [0.25, 0.3) is 0 Å². The molecule has 0 unspecified atom stereocenters. The predicted octanol–water partition coefficient (Wildman–Crippen LogP) is 0.949. The van der Waals surface area contributed by atoms with Crippen LogP contribution in [0.15, 0.2) is 73.1 Å². The number of carbonyl (C=O) groups excluding carboxylic acids is 2. The van der Waals surface area contributed by atoms with Gasteiger partial charge in [-0.3, -0.25) is 0 Å². The number of benzene rings is 2. The maximum absolute atomic E-state index is 8.93. The molecule has 2 aromatic carbocycles. The maximum atomic E-state index is 8.93. The van der Waals surface area contributed by atoms with Gasteiger partial charge in [0.2, 0.25) is 0 Å². The molecule has 0 aliphatic heterocycles. The fourth-order valence-corrected chi connectivity index (χ4v) is 6.20. The zero-order valence-electron chi connectivity index (χ0n) is 27.9. The van der Waals surface area contributed by atoms with Gasteiger partial charge in [0, 0.05) is 24.0 Å². The number of aromatic nitrogens is 6. The Morgan fingerprint density at radius 2 is 0.979 bits per heavy atom. The minimum absolute atomic E-state index is 0.865. The number of quaternary nitrogens is 2. The van der Waals surface area contributed by atoms with Crippen LogP contribution in [-0.2, 0) is 22.7 Å². The first kappa shape index (κ1) is 36.4. The number of aliphatic carboxylic acids is 2. The van der Waals surface area contributed by atoms with Crippen LogP contribution >= 0.6 is 0 Å². The van der Waals surface area contributed by atoms with Crippen LogP contribution in [0.4, 0.5) is 0 Å². The Kier molecular flexibility index (Phi) is 15.7. The molecule has 0 bridgehead atoms. The van der Waals surface area contributed by atoms with Gasteiger partial charge in [0.05, 0.1) is 62.6 Å². The summed E-state index contributed by atoms with van der Waals surface area (Å²) in [5, 5.41) is 40.8. The lowest BCUT2D eigenvalue weighted by Crippen LogP contribution is -2.90. The Morgan fingerprint density at radius 1 is 0.604 bits per heavy atom. The van der Waals surface area contributed by atoms with Gasteiger partial charge in [0.1, 0.15) is 11.4 Å². The van der Waals surface area contributed by atoms with E-state index >= 15 is 0 Å². The summed E-state index contributed by atoms with van der Waals surface area (Å²) in [5.41, 5.74) is 4.20. The summed E-state index contributed by atoms with van der Waals surface area (Å²) in [6.07, 6.45) is 20.1. The molecule has 0 atom stereocenters. The molecule has 0 radical (unpaired) electrons. The standard InChI is InChI=1S/2C17H24N4.C2H2O4/c2*1-3-8-15(9-4-1)17-14-19-21(20-17)13-7-12-18-16-10-5-2-6-11-16;3-1(4)2(5)6/h2*1,3-4,8-9,14,16,18H,2,5-7,10-13H2;(H,3,4)(H,5,6). The van der Waals surface area contributed by atoms with Gasteiger partial charge in [-0.2, -0.15) is 30.0 Å². The molecule has 0 spiro atoms. The van der Waals surface area contributed by atoms with Crippen molar-refractivity contribution in [3.05, 3.63) is 73.1 Å². The number of rotatable bonds is 12. The van der Waals surface area contributed by atoms with Crippen LogP contribution in [-0.4, -0.2) is 67.1 Å². The fraction of sp³-hybridized carbons (Fsp3) is 0.500.